The Morgan fingerprint density at radius 3 is 2.29 bits per heavy atom. The van der Waals surface area contributed by atoms with Gasteiger partial charge in [-0.25, -0.2) is 20.8 Å². The van der Waals surface area contributed by atoms with Gasteiger partial charge in [-0.15, -0.1) is 0 Å². The average Bonchev–Trinajstić information content (AvgIpc) is 3.38. The van der Waals surface area contributed by atoms with E-state index in [4.69, 9.17) is 24.8 Å². The highest BCUT2D eigenvalue weighted by molar-refractivity contribution is 7.44. The molecule has 1 amide bonds. The number of H-pyrrole nitrogens is 1. The highest BCUT2D eigenvalue weighted by atomic mass is 31.2. The van der Waals surface area contributed by atoms with Crippen LogP contribution in [0.25, 0.3) is 4.85 Å². The minimum Gasteiger partial charge on any atom is -0.453 e. The fourth-order valence-corrected chi connectivity index (χ4v) is 8.91. The molecule has 1 saturated heterocycles. The number of hydrogen-bond donors (Lipinski definition) is 3. The quantitative estimate of drug-likeness (QED) is 0.0498. The Labute approximate surface area is 314 Å². The first-order valence-corrected chi connectivity index (χ1v) is 22.9. The third-order valence-corrected chi connectivity index (χ3v) is 16.2. The molecule has 0 spiro atoms. The van der Waals surface area contributed by atoms with Gasteiger partial charge in [-0.2, -0.15) is 0 Å². The van der Waals surface area contributed by atoms with Crippen molar-refractivity contribution in [1.29, 1.82) is 0 Å². The van der Waals surface area contributed by atoms with E-state index in [0.29, 0.717) is 31.5 Å². The summed E-state index contributed by atoms with van der Waals surface area (Å²) in [6, 6.07) is 0.222. The van der Waals surface area contributed by atoms with E-state index in [9.17, 15) is 14.4 Å². The van der Waals surface area contributed by atoms with E-state index in [2.05, 4.69) is 91.4 Å². The molecule has 14 nitrogen and oxygen atoms in total. The lowest BCUT2D eigenvalue weighted by molar-refractivity contribution is 0.00619. The van der Waals surface area contributed by atoms with Gasteiger partial charge >= 0.3 is 11.8 Å². The molecule has 52 heavy (non-hydrogen) atoms. The van der Waals surface area contributed by atoms with Gasteiger partial charge in [0.25, 0.3) is 14.1 Å². The monoisotopic (exact) mass is 770 g/mol. The Hall–Kier alpha value is -2.15. The van der Waals surface area contributed by atoms with Crippen molar-refractivity contribution in [3.8, 4) is 0 Å². The van der Waals surface area contributed by atoms with Gasteiger partial charge in [0.15, 0.2) is 8.32 Å². The van der Waals surface area contributed by atoms with Crippen LogP contribution in [-0.4, -0.2) is 98.9 Å². The number of aromatic nitrogens is 2. The molecule has 2 heterocycles. The molecule has 3 N–H and O–H groups in total. The first-order valence-electron chi connectivity index (χ1n) is 18.9. The van der Waals surface area contributed by atoms with Gasteiger partial charge in [-0.3, -0.25) is 9.78 Å². The van der Waals surface area contributed by atoms with Crippen LogP contribution in [-0.2, 0) is 29.5 Å². The average molecular weight is 771 g/mol. The van der Waals surface area contributed by atoms with Crippen LogP contribution < -0.4 is 21.9 Å². The molecule has 298 valence electrons. The number of ether oxygens (including phenoxy) is 2. The van der Waals surface area contributed by atoms with Gasteiger partial charge in [0.2, 0.25) is 6.54 Å². The number of rotatable bonds is 23. The number of nitrogens with one attached hydrogen (secondary N) is 3. The Morgan fingerprint density at radius 1 is 1.08 bits per heavy atom. The van der Waals surface area contributed by atoms with Crippen LogP contribution >= 0.6 is 8.53 Å². The predicted molar refractivity (Wildman–Crippen MR) is 209 cm³/mol. The number of aromatic amines is 1. The van der Waals surface area contributed by atoms with Crippen molar-refractivity contribution in [2.75, 3.05) is 39.9 Å². The summed E-state index contributed by atoms with van der Waals surface area (Å²) in [6.45, 7) is 31.6. The zero-order chi connectivity index (χ0) is 39.1. The highest BCUT2D eigenvalue weighted by Gasteiger charge is 2.53. The first-order chi connectivity index (χ1) is 24.5. The molecule has 0 bridgehead atoms. The maximum absolute atomic E-state index is 13.5. The van der Waals surface area contributed by atoms with Crippen LogP contribution in [0.4, 0.5) is 4.79 Å². The van der Waals surface area contributed by atoms with Gasteiger partial charge in [0, 0.05) is 31.4 Å². The van der Waals surface area contributed by atoms with Crippen molar-refractivity contribution >= 4 is 22.9 Å². The molecule has 0 aliphatic carbocycles. The summed E-state index contributed by atoms with van der Waals surface area (Å²) in [5.41, 5.74) is -0.618. The molecule has 1 aliphatic heterocycles. The number of nitrogens with zero attached hydrogens (tertiary/aromatic N) is 3. The van der Waals surface area contributed by atoms with E-state index in [-0.39, 0.29) is 30.3 Å². The largest absolute Gasteiger partial charge is 0.453 e. The number of unbranched alkanes of at least 4 members (excludes halogenated alkanes) is 3. The van der Waals surface area contributed by atoms with Gasteiger partial charge in [0.1, 0.15) is 24.9 Å². The Morgan fingerprint density at radius 2 is 1.71 bits per heavy atom. The van der Waals surface area contributed by atoms with Gasteiger partial charge in [-0.05, 0) is 84.6 Å². The lowest BCUT2D eigenvalue weighted by Gasteiger charge is -2.42. The number of aryl methyl sites for hydroxylation is 1. The lowest BCUT2D eigenvalue weighted by Crippen LogP contribution is -2.49. The van der Waals surface area contributed by atoms with Crippen molar-refractivity contribution in [2.45, 2.75) is 155 Å². The number of carbonyl (C=O) groups is 1. The van der Waals surface area contributed by atoms with Crippen LogP contribution in [0.1, 0.15) is 106 Å². The molecule has 1 aliphatic rings. The first kappa shape index (κ1) is 46.0. The molecule has 0 saturated carbocycles. The van der Waals surface area contributed by atoms with Crippen molar-refractivity contribution in [3.63, 3.8) is 0 Å². The molecule has 1 aromatic rings. The summed E-state index contributed by atoms with van der Waals surface area (Å²) in [5.74, 6) is 0. The van der Waals surface area contributed by atoms with E-state index in [1.807, 2.05) is 6.92 Å². The van der Waals surface area contributed by atoms with E-state index in [1.54, 1.807) is 10.8 Å². The van der Waals surface area contributed by atoms with Gasteiger partial charge < -0.3 is 43.0 Å². The van der Waals surface area contributed by atoms with E-state index in [0.717, 1.165) is 38.8 Å². The molecule has 0 radical (unpaired) electrons. The summed E-state index contributed by atoms with van der Waals surface area (Å²) in [7, 11) is -2.68. The fraction of sp³-hybridized carbons (Fsp3) is 0.833. The van der Waals surface area contributed by atoms with E-state index in [1.165, 1.54) is 7.11 Å². The van der Waals surface area contributed by atoms with Crippen LogP contribution in [0.5, 0.6) is 0 Å². The molecule has 16 heteroatoms. The van der Waals surface area contributed by atoms with Crippen molar-refractivity contribution < 1.29 is 27.7 Å². The molecule has 1 fully saturated rings. The van der Waals surface area contributed by atoms with Crippen molar-refractivity contribution in [1.82, 2.24) is 24.9 Å². The zero-order valence-electron chi connectivity index (χ0n) is 33.6. The van der Waals surface area contributed by atoms with Crippen LogP contribution in [0.3, 0.4) is 0 Å². The number of carbonyl (C=O) groups excluding carboxylic acids is 1. The topological polar surface area (TPSA) is 150 Å². The minimum atomic E-state index is -2.43. The molecular weight excluding hydrogens is 703 g/mol. The summed E-state index contributed by atoms with van der Waals surface area (Å²) in [4.78, 5) is 43.7. The molecule has 2 rings (SSSR count). The molecule has 5 atom stereocenters. The number of hydrogen-bond acceptors (Lipinski definition) is 10. The maximum Gasteiger partial charge on any atom is 0.406 e. The molecular formula is C36H67N6O8PSi. The molecule has 0 aromatic carbocycles. The predicted octanol–water partition coefficient (Wildman–Crippen LogP) is 6.34. The SMILES string of the molecule is [C-]#[N+]CCOP(OC1[C@@H](CC)O[C@@H](c2cn(CCCNCCCCCCNC(=O)OC)c(=O)[nH]c2=O)[C@H]1O[Si](C)(C)C(C)(C)C)N(C(C)C)C(C)C. The Balaban J connectivity index is 2.29. The standard InChI is InChI=1S/C36H67N6O8PSi/c1-13-29-31(49-51(47-24-22-37-9)42(26(2)3)27(4)5)32(50-52(11,12)36(6,7)8)30(48-29)28-25-41(34(44)40-33(28)43)23-18-20-38-19-16-14-15-17-21-39-35(45)46-10/h25-27,29-32,38H,13-24H2,1-8,10-12H3,(H,39,45)(H,40,43,44)/t29-,30+,31?,32-,51?/m1/s1. The second-order valence-corrected chi connectivity index (χ2v) is 21.6. The zero-order valence-corrected chi connectivity index (χ0v) is 35.5. The second-order valence-electron chi connectivity index (χ2n) is 15.4. The normalized spacial score (nSPS) is 20.1. The highest BCUT2D eigenvalue weighted by Crippen LogP contribution is 2.52. The molecule has 1 aromatic heterocycles. The van der Waals surface area contributed by atoms with Crippen LogP contribution in [0, 0.1) is 6.57 Å². The summed E-state index contributed by atoms with van der Waals surface area (Å²) in [5, 5.41) is 5.99. The third kappa shape index (κ3) is 13.9. The van der Waals surface area contributed by atoms with Crippen LogP contribution in [0.2, 0.25) is 18.1 Å². The summed E-state index contributed by atoms with van der Waals surface area (Å²) < 4.78 is 35.4. The van der Waals surface area contributed by atoms with Crippen molar-refractivity contribution in [2.24, 2.45) is 0 Å². The van der Waals surface area contributed by atoms with Gasteiger partial charge in [-0.1, -0.05) is 40.5 Å². The Kier molecular flexibility index (Phi) is 19.7. The Bertz CT molecular complexity index is 1370. The number of alkyl carbamates (subject to hydrolysis) is 1. The summed E-state index contributed by atoms with van der Waals surface area (Å²) >= 11 is 0. The third-order valence-electron chi connectivity index (χ3n) is 9.65. The van der Waals surface area contributed by atoms with Crippen molar-refractivity contribution in [3.05, 3.63) is 44.0 Å². The second kappa shape index (κ2) is 22.3. The lowest BCUT2D eigenvalue weighted by atomic mass is 10.0. The van der Waals surface area contributed by atoms with E-state index < -0.39 is 58.6 Å². The number of methoxy groups -OCH3 is 1. The molecule has 2 unspecified atom stereocenters. The van der Waals surface area contributed by atoms with Gasteiger partial charge in [0.05, 0.1) is 18.8 Å². The summed E-state index contributed by atoms with van der Waals surface area (Å²) in [6.07, 6.45) is 4.14. The van der Waals surface area contributed by atoms with Crippen LogP contribution in [0.15, 0.2) is 15.8 Å². The smallest absolute Gasteiger partial charge is 0.406 e. The fourth-order valence-electron chi connectivity index (χ4n) is 5.86. The number of amides is 1. The van der Waals surface area contributed by atoms with E-state index >= 15 is 0 Å². The maximum atomic E-state index is 13.5. The minimum absolute atomic E-state index is 0.111.